The van der Waals surface area contributed by atoms with Crippen LogP contribution in [-0.2, 0) is 12.8 Å². The molecule has 0 saturated heterocycles. The van der Waals surface area contributed by atoms with Crippen LogP contribution in [0, 0.1) is 3.57 Å². The topological polar surface area (TPSA) is 32.1 Å². The summed E-state index contributed by atoms with van der Waals surface area (Å²) >= 11 is 20.2. The molecule has 0 saturated carbocycles. The molecule has 539 valence electrons. The molecule has 4 aromatic heterocycles. The van der Waals surface area contributed by atoms with E-state index in [4.69, 9.17) is 0 Å². The van der Waals surface area contributed by atoms with Crippen molar-refractivity contribution in [3.63, 3.8) is 0 Å². The third-order valence-corrected chi connectivity index (χ3v) is 26.0. The summed E-state index contributed by atoms with van der Waals surface area (Å²) in [6.45, 7) is 0. The van der Waals surface area contributed by atoms with Crippen molar-refractivity contribution in [2.24, 2.45) is 4.30 Å². The van der Waals surface area contributed by atoms with Gasteiger partial charge >= 0.3 is 24.8 Å². The largest absolute Gasteiger partial charge is 0.309 e. The molecule has 23 aromatic rings. The maximum Gasteiger partial charge on any atom is 0.0548 e. The standard InChI is InChI=1S/C44H27N3.C20H11Br2N.C15H8Br2.C15H10.C6H5I.CH4.BHNS/c1-2-12-28(13-3-1)45-41-26-24-39(46-35-18-8-4-14-29(35)30-15-5-9-19-36(30)46)33-22-23-34-40(25-27-42(45)44(34)43(33)41)47-37-20-10-6-16-31(37)32-17-7-11-21-38(32)47;21-15-8-10-17-19-13(15)6-7-14-16(22)9-11-18(20(14)19)23(17)12-4-2-1-3-5-12;16-12-5-1-8-7-9-2-6-13(17)11-4-3-10(12)14(8)15(9)11;1-3-10-7-8-11-4-2-6-13-9-12(5-1)14(10)15(11)13;7-6-4-2-1-3-5-6;;1-2-3/h1-27H;1-11H;1-6H,7H2;1-8H,9H2;1-5H;1H4;3H. The molecular formula is C101H66BBr4IN5S. The molecule has 113 heavy (non-hydrogen) atoms. The summed E-state index contributed by atoms with van der Waals surface area (Å²) in [7, 11) is 4.34. The number of para-hydroxylation sites is 6. The number of fused-ring (bicyclic) bond motifs is 6. The van der Waals surface area contributed by atoms with Gasteiger partial charge in [-0.25, -0.2) is 0 Å². The Hall–Kier alpha value is -10.7. The molecule has 0 bridgehead atoms. The van der Waals surface area contributed by atoms with Crippen molar-refractivity contribution in [1.82, 2.24) is 18.3 Å². The van der Waals surface area contributed by atoms with Crippen molar-refractivity contribution < 1.29 is 0 Å². The van der Waals surface area contributed by atoms with Gasteiger partial charge in [-0.1, -0.05) is 296 Å². The van der Waals surface area contributed by atoms with Gasteiger partial charge in [0, 0.05) is 86.7 Å². The van der Waals surface area contributed by atoms with E-state index < -0.39 is 0 Å². The van der Waals surface area contributed by atoms with Crippen LogP contribution in [0.2, 0.25) is 0 Å². The quantitative estimate of drug-likeness (QED) is 0.0788. The number of halogens is 5. The third kappa shape index (κ3) is 12.1. The first-order valence-electron chi connectivity index (χ1n) is 37.1. The molecule has 1 radical (unpaired) electrons. The van der Waals surface area contributed by atoms with Crippen molar-refractivity contribution in [2.45, 2.75) is 20.3 Å². The van der Waals surface area contributed by atoms with Gasteiger partial charge in [-0.15, -0.1) is 0 Å². The summed E-state index contributed by atoms with van der Waals surface area (Å²) in [6.07, 6.45) is 2.17. The molecule has 2 aliphatic carbocycles. The minimum atomic E-state index is 0. The first-order chi connectivity index (χ1) is 55.1. The molecule has 25 rings (SSSR count). The van der Waals surface area contributed by atoms with E-state index in [1.807, 2.05) is 18.2 Å². The predicted molar refractivity (Wildman–Crippen MR) is 510 cm³/mol. The second-order valence-corrected chi connectivity index (χ2v) is 33.3. The number of hydrogen-bond donors (Lipinski definition) is 1. The summed E-state index contributed by atoms with van der Waals surface area (Å²) in [5, 5.41) is 26.5. The fraction of sp³-hybridized carbons (Fsp3) is 0.0297. The van der Waals surface area contributed by atoms with Crippen LogP contribution in [0.4, 0.5) is 0 Å². The molecule has 19 aromatic carbocycles. The Bertz CT molecular complexity index is 7190. The maximum atomic E-state index is 4.34. The van der Waals surface area contributed by atoms with Gasteiger partial charge in [0.2, 0.25) is 0 Å². The van der Waals surface area contributed by atoms with Crippen LogP contribution in [0.15, 0.2) is 368 Å². The van der Waals surface area contributed by atoms with Gasteiger partial charge in [0.25, 0.3) is 0 Å². The van der Waals surface area contributed by atoms with E-state index in [2.05, 4.69) is 457 Å². The van der Waals surface area contributed by atoms with Gasteiger partial charge in [-0.3, -0.25) is 0 Å². The third-order valence-electron chi connectivity index (χ3n) is 22.5. The van der Waals surface area contributed by atoms with Crippen molar-refractivity contribution >= 4 is 259 Å². The fourth-order valence-electron chi connectivity index (χ4n) is 18.0. The molecule has 0 atom stereocenters. The van der Waals surface area contributed by atoms with E-state index in [0.717, 1.165) is 21.8 Å². The van der Waals surface area contributed by atoms with Crippen LogP contribution in [0.5, 0.6) is 0 Å². The van der Waals surface area contributed by atoms with E-state index in [9.17, 15) is 0 Å². The minimum absolute atomic E-state index is 0. The van der Waals surface area contributed by atoms with Gasteiger partial charge in [0.1, 0.15) is 0 Å². The number of rotatable bonds is 4. The van der Waals surface area contributed by atoms with E-state index in [0.29, 0.717) is 0 Å². The average molecular weight is 1840 g/mol. The number of hydrogen-bond acceptors (Lipinski definition) is 2. The summed E-state index contributed by atoms with van der Waals surface area (Å²) in [5.41, 5.74) is 20.4. The molecule has 0 amide bonds. The van der Waals surface area contributed by atoms with Crippen LogP contribution >= 0.6 is 99.1 Å². The van der Waals surface area contributed by atoms with Gasteiger partial charge < -0.3 is 18.3 Å². The normalized spacial score (nSPS) is 11.9. The zero-order valence-electron chi connectivity index (χ0n) is 60.0. The Morgan fingerprint density at radius 1 is 0.248 bits per heavy atom. The van der Waals surface area contributed by atoms with Crippen LogP contribution < -0.4 is 0 Å². The SMILES string of the molecule is Brc1ccc2c3c1ccc1c(Br)ccc(c13)C2.Brc1ccc2c3c1ccc1c(Br)ccc(c13)n2-c1ccccc1.C.Ic1ccccc1.[B]=NS.c1cc2c3c(c1)ccc1cccc(c13)C2.c1ccc(-n2c3ccc(-n4c5ccccc5c5ccccc54)c4ccc5c(-n6c7ccccc7c7ccccc76)ccc2c5c43)cc1. The van der Waals surface area contributed by atoms with Crippen LogP contribution in [-0.4, -0.2) is 25.9 Å². The average Bonchev–Trinajstić information content (AvgIpc) is 1.54. The van der Waals surface area contributed by atoms with Crippen molar-refractivity contribution in [2.75, 3.05) is 0 Å². The number of aromatic nitrogens is 4. The molecule has 0 spiro atoms. The summed E-state index contributed by atoms with van der Waals surface area (Å²) < 4.78 is 18.3. The van der Waals surface area contributed by atoms with Crippen molar-refractivity contribution in [3.8, 4) is 22.7 Å². The molecule has 0 unspecified atom stereocenters. The Kier molecular flexibility index (Phi) is 19.3. The van der Waals surface area contributed by atoms with Crippen LogP contribution in [0.25, 0.3) is 175 Å². The van der Waals surface area contributed by atoms with Gasteiger partial charge in [-0.05, 0) is 233 Å². The minimum Gasteiger partial charge on any atom is -0.309 e. The number of nitrogens with zero attached hydrogens (tertiary/aromatic N) is 5. The Morgan fingerprint density at radius 3 is 0.876 bits per heavy atom. The second-order valence-electron chi connectivity index (χ2n) is 28.4. The van der Waals surface area contributed by atoms with E-state index in [1.165, 1.54) is 209 Å². The zero-order valence-corrected chi connectivity index (χ0v) is 69.4. The summed E-state index contributed by atoms with van der Waals surface area (Å²) in [6, 6.07) is 125. The van der Waals surface area contributed by atoms with Gasteiger partial charge in [0.15, 0.2) is 0 Å². The molecule has 12 heteroatoms. The molecule has 0 aliphatic heterocycles. The van der Waals surface area contributed by atoms with Crippen LogP contribution in [0.3, 0.4) is 0 Å². The molecule has 4 heterocycles. The van der Waals surface area contributed by atoms with Gasteiger partial charge in [-0.2, -0.15) is 0 Å². The zero-order chi connectivity index (χ0) is 75.4. The maximum absolute atomic E-state index is 4.34. The van der Waals surface area contributed by atoms with Crippen molar-refractivity contribution in [3.05, 3.63) is 389 Å². The predicted octanol–water partition coefficient (Wildman–Crippen LogP) is 30.9. The summed E-state index contributed by atoms with van der Waals surface area (Å²) in [4.78, 5) is 0. The Balaban J connectivity index is 0.000000107. The van der Waals surface area contributed by atoms with E-state index in [-0.39, 0.29) is 7.43 Å². The molecular weight excluding hydrogens is 1770 g/mol. The number of thiol groups is 1. The smallest absolute Gasteiger partial charge is 0.0548 e. The van der Waals surface area contributed by atoms with Gasteiger partial charge in [0.05, 0.1) is 55.5 Å². The van der Waals surface area contributed by atoms with Crippen LogP contribution in [0.1, 0.15) is 29.7 Å². The molecule has 2 aliphatic rings. The Labute approximate surface area is 706 Å². The monoisotopic (exact) mass is 1830 g/mol. The Morgan fingerprint density at radius 2 is 0.531 bits per heavy atom. The molecule has 0 fully saturated rings. The summed E-state index contributed by atoms with van der Waals surface area (Å²) in [5.74, 6) is 0. The van der Waals surface area contributed by atoms with E-state index >= 15 is 0 Å². The first kappa shape index (κ1) is 72.6. The van der Waals surface area contributed by atoms with Crippen molar-refractivity contribution in [1.29, 1.82) is 0 Å². The fourth-order valence-corrected chi connectivity index (χ4v) is 20.2. The number of benzene rings is 19. The molecule has 5 nitrogen and oxygen atoms in total. The first-order valence-corrected chi connectivity index (χ1v) is 41.8. The van der Waals surface area contributed by atoms with E-state index in [1.54, 1.807) is 0 Å². The second kappa shape index (κ2) is 30.0. The molecule has 0 N–H and O–H groups in total.